The van der Waals surface area contributed by atoms with Crippen molar-refractivity contribution < 1.29 is 13.6 Å². The Morgan fingerprint density at radius 1 is 1.29 bits per heavy atom. The summed E-state index contributed by atoms with van der Waals surface area (Å²) in [5.41, 5.74) is 0.955. The normalized spacial score (nSPS) is 21.9. The summed E-state index contributed by atoms with van der Waals surface area (Å²) >= 11 is 0. The molecule has 1 aliphatic heterocycles. The van der Waals surface area contributed by atoms with Crippen LogP contribution in [0.1, 0.15) is 12.0 Å². The molecule has 1 N–H and O–H groups in total. The Kier molecular flexibility index (Phi) is 2.03. The summed E-state index contributed by atoms with van der Waals surface area (Å²) in [7, 11) is -3.18. The molecule has 0 bridgehead atoms. The summed E-state index contributed by atoms with van der Waals surface area (Å²) in [5, 5.41) is 11.8. The third-order valence-corrected chi connectivity index (χ3v) is 4.03. The summed E-state index contributed by atoms with van der Waals surface area (Å²) < 4.78 is 23.2. The lowest BCUT2D eigenvalue weighted by Crippen LogP contribution is -2.21. The SMILES string of the molecule is O=S1(=O)CC/C(=N/O)c2ccccc21. The minimum atomic E-state index is -3.18. The number of hydrogen-bond donors (Lipinski definition) is 1. The molecule has 5 heteroatoms. The highest BCUT2D eigenvalue weighted by Gasteiger charge is 2.27. The van der Waals surface area contributed by atoms with Crippen molar-refractivity contribution in [2.45, 2.75) is 11.3 Å². The Hall–Kier alpha value is -1.36. The predicted molar refractivity (Wildman–Crippen MR) is 51.4 cm³/mol. The van der Waals surface area contributed by atoms with Crippen LogP contribution in [-0.4, -0.2) is 25.1 Å². The van der Waals surface area contributed by atoms with Crippen LogP contribution >= 0.6 is 0 Å². The van der Waals surface area contributed by atoms with Crippen LogP contribution < -0.4 is 0 Å². The summed E-state index contributed by atoms with van der Waals surface area (Å²) in [6.07, 6.45) is 0.274. The highest BCUT2D eigenvalue weighted by molar-refractivity contribution is 7.91. The molecule has 4 nitrogen and oxygen atoms in total. The average Bonchev–Trinajstić information content (AvgIpc) is 2.18. The Bertz CT molecular complexity index is 491. The smallest absolute Gasteiger partial charge is 0.179 e. The predicted octanol–water partition coefficient (Wildman–Crippen LogP) is 1.04. The molecular formula is C9H9NO3S. The molecule has 0 unspecified atom stereocenters. The van der Waals surface area contributed by atoms with Crippen molar-refractivity contribution in [1.82, 2.24) is 0 Å². The van der Waals surface area contributed by atoms with Gasteiger partial charge in [-0.05, 0) is 6.07 Å². The first-order valence-electron chi connectivity index (χ1n) is 4.18. The van der Waals surface area contributed by atoms with Gasteiger partial charge in [-0.15, -0.1) is 0 Å². The summed E-state index contributed by atoms with van der Waals surface area (Å²) in [6.45, 7) is 0. The zero-order valence-electron chi connectivity index (χ0n) is 7.34. The third-order valence-electron chi connectivity index (χ3n) is 2.26. The number of fused-ring (bicyclic) bond motifs is 1. The Balaban J connectivity index is 2.73. The van der Waals surface area contributed by atoms with Crippen molar-refractivity contribution >= 4 is 15.5 Å². The van der Waals surface area contributed by atoms with Gasteiger partial charge >= 0.3 is 0 Å². The van der Waals surface area contributed by atoms with Gasteiger partial charge in [-0.3, -0.25) is 0 Å². The first-order valence-corrected chi connectivity index (χ1v) is 5.83. The van der Waals surface area contributed by atoms with Gasteiger partial charge in [0.1, 0.15) is 0 Å². The van der Waals surface area contributed by atoms with E-state index in [9.17, 15) is 8.42 Å². The second kappa shape index (κ2) is 3.09. The van der Waals surface area contributed by atoms with Crippen LogP contribution in [0.4, 0.5) is 0 Å². The summed E-state index contributed by atoms with van der Waals surface area (Å²) in [5.74, 6) is 0.0173. The van der Waals surface area contributed by atoms with Crippen molar-refractivity contribution in [2.24, 2.45) is 5.16 Å². The number of hydrogen-bond acceptors (Lipinski definition) is 4. The summed E-state index contributed by atoms with van der Waals surface area (Å²) in [4.78, 5) is 0.263. The molecule has 0 spiro atoms. The van der Waals surface area contributed by atoms with Crippen LogP contribution in [0.25, 0.3) is 0 Å². The van der Waals surface area contributed by atoms with Gasteiger partial charge in [0, 0.05) is 12.0 Å². The van der Waals surface area contributed by atoms with Crippen LogP contribution in [0.3, 0.4) is 0 Å². The minimum absolute atomic E-state index is 0.0173. The molecule has 1 aliphatic rings. The molecule has 74 valence electrons. The molecule has 0 saturated carbocycles. The van der Waals surface area contributed by atoms with Crippen molar-refractivity contribution in [1.29, 1.82) is 0 Å². The van der Waals surface area contributed by atoms with E-state index in [-0.39, 0.29) is 17.1 Å². The van der Waals surface area contributed by atoms with E-state index in [4.69, 9.17) is 5.21 Å². The van der Waals surface area contributed by atoms with Gasteiger partial charge < -0.3 is 5.21 Å². The number of sulfone groups is 1. The van der Waals surface area contributed by atoms with Gasteiger partial charge in [0.05, 0.1) is 16.4 Å². The Morgan fingerprint density at radius 2 is 2.00 bits per heavy atom. The van der Waals surface area contributed by atoms with Gasteiger partial charge in [0.25, 0.3) is 0 Å². The van der Waals surface area contributed by atoms with Crippen LogP contribution in [0, 0.1) is 0 Å². The van der Waals surface area contributed by atoms with Gasteiger partial charge in [-0.2, -0.15) is 0 Å². The number of benzene rings is 1. The van der Waals surface area contributed by atoms with Gasteiger partial charge in [0.15, 0.2) is 9.84 Å². The molecule has 2 rings (SSSR count). The van der Waals surface area contributed by atoms with E-state index in [1.165, 1.54) is 6.07 Å². The largest absolute Gasteiger partial charge is 0.411 e. The first kappa shape index (κ1) is 9.21. The van der Waals surface area contributed by atoms with Gasteiger partial charge in [0.2, 0.25) is 0 Å². The number of oxime groups is 1. The molecule has 0 atom stereocenters. The minimum Gasteiger partial charge on any atom is -0.411 e. The Labute approximate surface area is 81.8 Å². The molecule has 0 amide bonds. The molecule has 14 heavy (non-hydrogen) atoms. The monoisotopic (exact) mass is 211 g/mol. The topological polar surface area (TPSA) is 66.7 Å². The Morgan fingerprint density at radius 3 is 2.71 bits per heavy atom. The van der Waals surface area contributed by atoms with E-state index in [1.54, 1.807) is 18.2 Å². The van der Waals surface area contributed by atoms with Crippen LogP contribution in [0.5, 0.6) is 0 Å². The molecule has 0 aromatic heterocycles. The van der Waals surface area contributed by atoms with E-state index < -0.39 is 9.84 Å². The molecule has 0 fully saturated rings. The maximum absolute atomic E-state index is 11.6. The second-order valence-electron chi connectivity index (χ2n) is 3.11. The van der Waals surface area contributed by atoms with Crippen molar-refractivity contribution in [3.05, 3.63) is 29.8 Å². The molecule has 0 aliphatic carbocycles. The quantitative estimate of drug-likeness (QED) is 0.515. The number of nitrogens with zero attached hydrogens (tertiary/aromatic N) is 1. The first-order chi connectivity index (χ1) is 6.65. The zero-order chi connectivity index (χ0) is 10.2. The second-order valence-corrected chi connectivity index (χ2v) is 5.19. The lowest BCUT2D eigenvalue weighted by Gasteiger charge is -2.16. The highest BCUT2D eigenvalue weighted by atomic mass is 32.2. The zero-order valence-corrected chi connectivity index (χ0v) is 8.16. The fourth-order valence-corrected chi connectivity index (χ4v) is 3.04. The van der Waals surface area contributed by atoms with E-state index in [0.717, 1.165) is 0 Å². The summed E-state index contributed by atoms with van der Waals surface area (Å²) in [6, 6.07) is 6.58. The van der Waals surface area contributed by atoms with E-state index in [0.29, 0.717) is 11.3 Å². The molecule has 1 heterocycles. The van der Waals surface area contributed by atoms with Crippen LogP contribution in [0.2, 0.25) is 0 Å². The van der Waals surface area contributed by atoms with Crippen molar-refractivity contribution in [3.63, 3.8) is 0 Å². The standard InChI is InChI=1S/C9H9NO3S/c11-10-8-5-6-14(12,13)9-4-2-1-3-7(8)9/h1-4,11H,5-6H2/b10-8-. The molecule has 1 aromatic rings. The van der Waals surface area contributed by atoms with Gasteiger partial charge in [-0.1, -0.05) is 23.4 Å². The lowest BCUT2D eigenvalue weighted by molar-refractivity contribution is 0.318. The lowest BCUT2D eigenvalue weighted by atomic mass is 10.1. The maximum atomic E-state index is 11.6. The van der Waals surface area contributed by atoms with Crippen molar-refractivity contribution in [3.8, 4) is 0 Å². The average molecular weight is 211 g/mol. The van der Waals surface area contributed by atoms with Crippen molar-refractivity contribution in [2.75, 3.05) is 5.75 Å². The molecule has 1 aromatic carbocycles. The fourth-order valence-electron chi connectivity index (χ4n) is 1.56. The van der Waals surface area contributed by atoms with E-state index >= 15 is 0 Å². The highest BCUT2D eigenvalue weighted by Crippen LogP contribution is 2.24. The van der Waals surface area contributed by atoms with Gasteiger partial charge in [-0.25, -0.2) is 8.42 Å². The maximum Gasteiger partial charge on any atom is 0.179 e. The molecule has 0 saturated heterocycles. The molecule has 0 radical (unpaired) electrons. The van der Waals surface area contributed by atoms with E-state index in [2.05, 4.69) is 5.16 Å². The molecular weight excluding hydrogens is 202 g/mol. The third kappa shape index (κ3) is 1.29. The van der Waals surface area contributed by atoms with Crippen LogP contribution in [-0.2, 0) is 9.84 Å². The van der Waals surface area contributed by atoms with E-state index in [1.807, 2.05) is 0 Å². The number of rotatable bonds is 0. The fraction of sp³-hybridized carbons (Fsp3) is 0.222. The van der Waals surface area contributed by atoms with Crippen LogP contribution in [0.15, 0.2) is 34.3 Å².